The molecule has 9 aromatic carbocycles. The zero-order valence-electron chi connectivity index (χ0n) is 40.4. The molecule has 14 rings (SSSR count). The second kappa shape index (κ2) is 14.1. The Hall–Kier alpha value is -7.36. The number of anilines is 5. The van der Waals surface area contributed by atoms with Crippen LogP contribution in [0.25, 0.3) is 33.4 Å². The lowest BCUT2D eigenvalue weighted by molar-refractivity contribution is 0.332. The predicted molar refractivity (Wildman–Crippen MR) is 290 cm³/mol. The second-order valence-corrected chi connectivity index (χ2v) is 22.2. The summed E-state index contributed by atoms with van der Waals surface area (Å²) in [5.74, 6) is 0. The third kappa shape index (κ3) is 5.34. The van der Waals surface area contributed by atoms with Gasteiger partial charge in [0.2, 0.25) is 0 Å². The summed E-state index contributed by atoms with van der Waals surface area (Å²) in [6.07, 6.45) is 2.32. The van der Waals surface area contributed by atoms with Gasteiger partial charge in [-0.3, -0.25) is 0 Å². The van der Waals surface area contributed by atoms with Crippen LogP contribution in [0.4, 0.5) is 28.4 Å². The van der Waals surface area contributed by atoms with Crippen molar-refractivity contribution in [1.82, 2.24) is 0 Å². The molecule has 3 aliphatic heterocycles. The lowest BCUT2D eigenvalue weighted by atomic mass is 9.41. The maximum atomic E-state index is 2.76. The van der Waals surface area contributed by atoms with E-state index in [0.29, 0.717) is 0 Å². The first-order valence-electron chi connectivity index (χ1n) is 25.1. The lowest BCUT2D eigenvalue weighted by Gasteiger charge is -2.53. The molecule has 0 unspecified atom stereocenters. The van der Waals surface area contributed by atoms with E-state index < -0.39 is 5.41 Å². The Morgan fingerprint density at radius 2 is 0.971 bits per heavy atom. The van der Waals surface area contributed by atoms with E-state index in [2.05, 4.69) is 251 Å². The van der Waals surface area contributed by atoms with Crippen LogP contribution in [-0.4, -0.2) is 6.85 Å². The van der Waals surface area contributed by atoms with Crippen molar-refractivity contribution in [3.63, 3.8) is 0 Å². The number of benzene rings is 9. The minimum absolute atomic E-state index is 0.0268. The minimum atomic E-state index is -0.596. The quantitative estimate of drug-likeness (QED) is 0.163. The van der Waals surface area contributed by atoms with Crippen LogP contribution in [0.3, 0.4) is 0 Å². The number of hydrogen-bond acceptors (Lipinski definition) is 2. The Kier molecular flexibility index (Phi) is 8.32. The van der Waals surface area contributed by atoms with Gasteiger partial charge in [0.05, 0.1) is 11.1 Å². The molecule has 0 radical (unpaired) electrons. The van der Waals surface area contributed by atoms with Crippen LogP contribution < -0.4 is 20.6 Å². The molecular formula is C66H55BN2. The van der Waals surface area contributed by atoms with Gasteiger partial charge in [-0.25, -0.2) is 0 Å². The van der Waals surface area contributed by atoms with Crippen LogP contribution in [0.15, 0.2) is 200 Å². The first-order chi connectivity index (χ1) is 33.5. The molecule has 9 aromatic rings. The topological polar surface area (TPSA) is 6.48 Å². The van der Waals surface area contributed by atoms with E-state index >= 15 is 0 Å². The van der Waals surface area contributed by atoms with Gasteiger partial charge in [0.25, 0.3) is 0 Å². The van der Waals surface area contributed by atoms with Crippen LogP contribution >= 0.6 is 0 Å². The molecule has 0 N–H and O–H groups in total. The summed E-state index contributed by atoms with van der Waals surface area (Å²) in [6.45, 7) is 14.7. The van der Waals surface area contributed by atoms with Crippen LogP contribution in [0.5, 0.6) is 0 Å². The number of nitrogens with zero attached hydrogens (tertiary/aromatic N) is 2. The van der Waals surface area contributed by atoms with Gasteiger partial charge in [-0.1, -0.05) is 205 Å². The molecule has 0 amide bonds. The molecule has 3 heterocycles. The molecule has 0 bridgehead atoms. The molecule has 0 atom stereocenters. The first-order valence-corrected chi connectivity index (χ1v) is 25.1. The summed E-state index contributed by atoms with van der Waals surface area (Å²) in [7, 11) is 0. The van der Waals surface area contributed by atoms with Gasteiger partial charge in [-0.05, 0) is 143 Å². The zero-order chi connectivity index (χ0) is 46.6. The van der Waals surface area contributed by atoms with Crippen molar-refractivity contribution in [3.8, 4) is 33.4 Å². The van der Waals surface area contributed by atoms with Gasteiger partial charge in [0.15, 0.2) is 0 Å². The maximum absolute atomic E-state index is 2.76. The molecule has 5 aliphatic rings. The van der Waals surface area contributed by atoms with Crippen molar-refractivity contribution in [1.29, 1.82) is 0 Å². The Morgan fingerprint density at radius 1 is 0.406 bits per heavy atom. The minimum Gasteiger partial charge on any atom is -0.376 e. The first kappa shape index (κ1) is 40.7. The van der Waals surface area contributed by atoms with Crippen LogP contribution in [0.1, 0.15) is 98.9 Å². The van der Waals surface area contributed by atoms with Crippen molar-refractivity contribution in [3.05, 3.63) is 245 Å². The zero-order valence-corrected chi connectivity index (χ0v) is 40.4. The molecule has 69 heavy (non-hydrogen) atoms. The van der Waals surface area contributed by atoms with E-state index in [0.717, 1.165) is 12.8 Å². The van der Waals surface area contributed by atoms with Crippen LogP contribution in [0, 0.1) is 0 Å². The molecule has 3 heteroatoms. The van der Waals surface area contributed by atoms with Crippen molar-refractivity contribution in [2.75, 3.05) is 9.71 Å². The average molecular weight is 887 g/mol. The fourth-order valence-electron chi connectivity index (χ4n) is 14.0. The SMILES string of the molecule is CC1(C)CCC(C)(C)c2cc3c(cc21)-c1cc2c(c4c1B(c1cccc5c1N4c1ccccc1C5(c1ccccc1)c1ccccc1)N3c1ccc(-c3ccccc3)cc1)C(C)(C)c1ccccc1-2. The Labute approximate surface area is 408 Å². The fraction of sp³-hybridized carbons (Fsp3) is 0.182. The van der Waals surface area contributed by atoms with E-state index in [9.17, 15) is 0 Å². The molecule has 0 aromatic heterocycles. The molecule has 0 spiro atoms. The van der Waals surface area contributed by atoms with E-state index in [4.69, 9.17) is 0 Å². The normalized spacial score (nSPS) is 17.4. The van der Waals surface area contributed by atoms with Crippen molar-refractivity contribution in [2.24, 2.45) is 0 Å². The van der Waals surface area contributed by atoms with Crippen molar-refractivity contribution >= 4 is 46.2 Å². The smallest absolute Gasteiger partial charge is 0.333 e. The van der Waals surface area contributed by atoms with Gasteiger partial charge in [-0.15, -0.1) is 0 Å². The Morgan fingerprint density at radius 3 is 1.65 bits per heavy atom. The number of rotatable bonds is 4. The molecule has 2 aliphatic carbocycles. The number of hydrogen-bond donors (Lipinski definition) is 0. The molecule has 2 nitrogen and oxygen atoms in total. The van der Waals surface area contributed by atoms with Gasteiger partial charge in [0, 0.05) is 33.7 Å². The lowest BCUT2D eigenvalue weighted by Crippen LogP contribution is -2.63. The van der Waals surface area contributed by atoms with Gasteiger partial charge in [0.1, 0.15) is 0 Å². The summed E-state index contributed by atoms with van der Waals surface area (Å²) in [6, 6.07) is 76.7. The van der Waals surface area contributed by atoms with E-state index in [-0.39, 0.29) is 23.1 Å². The summed E-state index contributed by atoms with van der Waals surface area (Å²) in [5.41, 5.74) is 27.1. The van der Waals surface area contributed by atoms with Gasteiger partial charge < -0.3 is 9.71 Å². The van der Waals surface area contributed by atoms with Crippen molar-refractivity contribution in [2.45, 2.75) is 76.0 Å². The standard InChI is InChI=1S/C66H55BN2/c1-63(2)37-38-64(3,4)55-41-58-48(40-54(55)63)50-39-49-47-27-16-17-28-51(47)65(5,6)59(49)62-60(50)67(69(58)46-35-33-43(34-36-46)42-21-10-7-11-22-42)56-31-20-30-53-61(56)68(62)57-32-19-18-29-52(57)66(53,44-23-12-8-13-24-44)45-25-14-9-15-26-45/h7-36,39-41H,37-38H2,1-6H3. The average Bonchev–Trinajstić information content (AvgIpc) is 3.62. The highest BCUT2D eigenvalue weighted by atomic mass is 15.2. The largest absolute Gasteiger partial charge is 0.376 e. The Balaban J connectivity index is 1.17. The van der Waals surface area contributed by atoms with Crippen LogP contribution in [-0.2, 0) is 21.7 Å². The number of fused-ring (bicyclic) bond motifs is 11. The van der Waals surface area contributed by atoms with Gasteiger partial charge in [-0.2, -0.15) is 0 Å². The van der Waals surface area contributed by atoms with Crippen LogP contribution in [0.2, 0.25) is 0 Å². The maximum Gasteiger partial charge on any atom is 0.333 e. The highest BCUT2D eigenvalue weighted by molar-refractivity contribution is 6.93. The van der Waals surface area contributed by atoms with E-state index in [1.165, 1.54) is 117 Å². The summed E-state index contributed by atoms with van der Waals surface area (Å²) < 4.78 is 0. The Bertz CT molecular complexity index is 3550. The molecule has 0 saturated heterocycles. The third-order valence-electron chi connectivity index (χ3n) is 17.3. The second-order valence-electron chi connectivity index (χ2n) is 22.2. The molecule has 0 fully saturated rings. The summed E-state index contributed by atoms with van der Waals surface area (Å²) in [4.78, 5) is 5.51. The monoisotopic (exact) mass is 886 g/mol. The third-order valence-corrected chi connectivity index (χ3v) is 17.3. The highest BCUT2D eigenvalue weighted by Gasteiger charge is 2.56. The summed E-state index contributed by atoms with van der Waals surface area (Å²) >= 11 is 0. The highest BCUT2D eigenvalue weighted by Crippen LogP contribution is 2.63. The number of para-hydroxylation sites is 2. The molecular weight excluding hydrogens is 832 g/mol. The molecule has 332 valence electrons. The van der Waals surface area contributed by atoms with E-state index in [1.54, 1.807) is 0 Å². The molecule has 0 saturated carbocycles. The summed E-state index contributed by atoms with van der Waals surface area (Å²) in [5, 5.41) is 0. The van der Waals surface area contributed by atoms with E-state index in [1.807, 2.05) is 0 Å². The van der Waals surface area contributed by atoms with Crippen molar-refractivity contribution < 1.29 is 0 Å². The van der Waals surface area contributed by atoms with Gasteiger partial charge >= 0.3 is 6.85 Å². The fourth-order valence-corrected chi connectivity index (χ4v) is 14.0. The predicted octanol–water partition coefficient (Wildman–Crippen LogP) is 15.4.